The fraction of sp³-hybridized carbons (Fsp3) is 0.333. The van der Waals surface area contributed by atoms with E-state index in [1.54, 1.807) is 29.6 Å². The van der Waals surface area contributed by atoms with Gasteiger partial charge in [-0.2, -0.15) is 13.2 Å². The summed E-state index contributed by atoms with van der Waals surface area (Å²) in [5, 5.41) is 14.9. The number of nitrogens with zero attached hydrogens (tertiary/aromatic N) is 1. The first-order valence-electron chi connectivity index (χ1n) is 8.21. The Kier molecular flexibility index (Phi) is 5.00. The molecule has 1 saturated heterocycles. The second-order valence-electron chi connectivity index (χ2n) is 6.13. The molecule has 9 heteroatoms. The maximum Gasteiger partial charge on any atom is 0.437 e. The topological polar surface area (TPSA) is 69.6 Å². The number of aliphatic hydroxyl groups is 1. The second-order valence-corrected chi connectivity index (χ2v) is 7.07. The number of amides is 2. The fourth-order valence-electron chi connectivity index (χ4n) is 3.41. The molecule has 1 aliphatic rings. The third kappa shape index (κ3) is 3.10. The van der Waals surface area contributed by atoms with E-state index in [-0.39, 0.29) is 9.78 Å². The van der Waals surface area contributed by atoms with Crippen LogP contribution in [-0.2, 0) is 0 Å². The fourth-order valence-corrected chi connectivity index (χ4v) is 4.11. The number of thiophene rings is 1. The Labute approximate surface area is 157 Å². The molecule has 1 aromatic heterocycles. The summed E-state index contributed by atoms with van der Waals surface area (Å²) in [5.41, 5.74) is -3.33. The number of ketones is 1. The largest absolute Gasteiger partial charge is 0.437 e. The molecular formula is C18H17F3N2O3S. The van der Waals surface area contributed by atoms with E-state index in [1.165, 1.54) is 25.1 Å². The van der Waals surface area contributed by atoms with E-state index in [2.05, 4.69) is 5.32 Å². The van der Waals surface area contributed by atoms with Crippen molar-refractivity contribution in [2.45, 2.75) is 24.9 Å². The summed E-state index contributed by atoms with van der Waals surface area (Å²) in [6, 6.07) is 8.40. The van der Waals surface area contributed by atoms with Crippen molar-refractivity contribution in [1.82, 2.24) is 10.2 Å². The van der Waals surface area contributed by atoms with Crippen molar-refractivity contribution in [3.8, 4) is 0 Å². The molecule has 2 heterocycles. The highest BCUT2D eigenvalue weighted by Gasteiger charge is 2.69. The molecule has 0 spiro atoms. The Bertz CT molecular complexity index is 826. The molecule has 3 atom stereocenters. The van der Waals surface area contributed by atoms with Gasteiger partial charge in [-0.25, -0.2) is 4.79 Å². The highest BCUT2D eigenvalue weighted by molar-refractivity contribution is 7.12. The minimum Gasteiger partial charge on any atom is -0.363 e. The number of carbonyl (C=O) groups excluding carboxylic acids is 2. The van der Waals surface area contributed by atoms with Gasteiger partial charge in [-0.3, -0.25) is 9.69 Å². The Hall–Kier alpha value is -2.39. The Morgan fingerprint density at radius 2 is 1.93 bits per heavy atom. The zero-order valence-electron chi connectivity index (χ0n) is 14.2. The van der Waals surface area contributed by atoms with Gasteiger partial charge >= 0.3 is 12.2 Å². The average Bonchev–Trinajstić information content (AvgIpc) is 3.15. The molecule has 0 radical (unpaired) electrons. The molecule has 27 heavy (non-hydrogen) atoms. The van der Waals surface area contributed by atoms with Gasteiger partial charge in [0.25, 0.3) is 5.72 Å². The first-order valence-corrected chi connectivity index (χ1v) is 9.09. The van der Waals surface area contributed by atoms with Crippen LogP contribution in [0.3, 0.4) is 0 Å². The van der Waals surface area contributed by atoms with Crippen molar-refractivity contribution in [2.24, 2.45) is 5.92 Å². The van der Waals surface area contributed by atoms with Gasteiger partial charge in [0.1, 0.15) is 5.92 Å². The lowest BCUT2D eigenvalue weighted by atomic mass is 9.77. The summed E-state index contributed by atoms with van der Waals surface area (Å²) in [5.74, 6) is -2.84. The molecule has 0 bridgehead atoms. The lowest BCUT2D eigenvalue weighted by Gasteiger charge is -2.50. The van der Waals surface area contributed by atoms with Crippen LogP contribution in [0, 0.1) is 5.92 Å². The predicted molar refractivity (Wildman–Crippen MR) is 93.2 cm³/mol. The molecule has 144 valence electrons. The van der Waals surface area contributed by atoms with Crippen molar-refractivity contribution >= 4 is 23.2 Å². The van der Waals surface area contributed by atoms with E-state index < -0.39 is 42.2 Å². The molecule has 2 N–H and O–H groups in total. The summed E-state index contributed by atoms with van der Waals surface area (Å²) in [4.78, 5) is 25.8. The van der Waals surface area contributed by atoms with Crippen LogP contribution in [0.15, 0.2) is 47.8 Å². The minimum atomic E-state index is -5.23. The number of halogens is 3. The van der Waals surface area contributed by atoms with Crippen molar-refractivity contribution in [3.63, 3.8) is 0 Å². The van der Waals surface area contributed by atoms with Crippen LogP contribution >= 0.6 is 11.3 Å². The van der Waals surface area contributed by atoms with Crippen molar-refractivity contribution in [2.75, 3.05) is 6.54 Å². The van der Waals surface area contributed by atoms with Gasteiger partial charge in [0.05, 0.1) is 10.9 Å². The van der Waals surface area contributed by atoms with E-state index in [4.69, 9.17) is 0 Å². The molecule has 2 amide bonds. The maximum absolute atomic E-state index is 14.1. The molecule has 1 fully saturated rings. The molecule has 1 aromatic carbocycles. The molecule has 0 aliphatic carbocycles. The maximum atomic E-state index is 14.1. The van der Waals surface area contributed by atoms with E-state index >= 15 is 0 Å². The van der Waals surface area contributed by atoms with Crippen LogP contribution in [-0.4, -0.2) is 40.3 Å². The number of hydrogen-bond donors (Lipinski definition) is 2. The van der Waals surface area contributed by atoms with E-state index in [1.807, 2.05) is 0 Å². The summed E-state index contributed by atoms with van der Waals surface area (Å²) in [7, 11) is 0. The van der Waals surface area contributed by atoms with Crippen molar-refractivity contribution in [1.29, 1.82) is 0 Å². The quantitative estimate of drug-likeness (QED) is 0.774. The zero-order chi connectivity index (χ0) is 19.8. The van der Waals surface area contributed by atoms with Crippen molar-refractivity contribution in [3.05, 3.63) is 58.3 Å². The summed E-state index contributed by atoms with van der Waals surface area (Å²) < 4.78 is 42.2. The van der Waals surface area contributed by atoms with Crippen LogP contribution in [0.5, 0.6) is 0 Å². The lowest BCUT2D eigenvalue weighted by molar-refractivity contribution is -0.326. The first-order chi connectivity index (χ1) is 12.7. The molecular weight excluding hydrogens is 381 g/mol. The first kappa shape index (κ1) is 19.4. The van der Waals surface area contributed by atoms with Gasteiger partial charge in [-0.1, -0.05) is 36.4 Å². The van der Waals surface area contributed by atoms with E-state index in [0.717, 1.165) is 11.3 Å². The van der Waals surface area contributed by atoms with Crippen molar-refractivity contribution < 1.29 is 27.9 Å². The number of nitrogens with one attached hydrogen (secondary N) is 1. The standard InChI is InChI=1S/C18H17F3N2O3S/c1-2-23-16(25)22-14(11-7-4-3-5-8-11)13(17(23,26)18(19,20)21)15(24)12-9-6-10-27-12/h3-10,13-14,26H,2H2,1H3,(H,22,25)/t13-,14-,17+/m1/s1. The molecule has 2 aromatic rings. The summed E-state index contributed by atoms with van der Waals surface area (Å²) in [6.45, 7) is 0.892. The van der Waals surface area contributed by atoms with E-state index in [0.29, 0.717) is 5.56 Å². The number of benzene rings is 1. The number of Topliss-reactive ketones (excluding diaryl/α,β-unsaturated/α-hetero) is 1. The van der Waals surface area contributed by atoms with Gasteiger partial charge in [0.2, 0.25) is 0 Å². The molecule has 0 saturated carbocycles. The minimum absolute atomic E-state index is 0.0795. The predicted octanol–water partition coefficient (Wildman–Crippen LogP) is 3.58. The Balaban J connectivity index is 2.22. The lowest BCUT2D eigenvalue weighted by Crippen LogP contribution is -2.73. The Morgan fingerprint density at radius 1 is 1.26 bits per heavy atom. The van der Waals surface area contributed by atoms with Crippen LogP contribution < -0.4 is 5.32 Å². The van der Waals surface area contributed by atoms with Gasteiger partial charge in [0, 0.05) is 6.54 Å². The van der Waals surface area contributed by atoms with Crippen LogP contribution in [0.2, 0.25) is 0 Å². The third-order valence-electron chi connectivity index (χ3n) is 4.64. The normalized spacial score (nSPS) is 26.0. The zero-order valence-corrected chi connectivity index (χ0v) is 15.1. The number of carbonyl (C=O) groups is 2. The van der Waals surface area contributed by atoms with Crippen LogP contribution in [0.4, 0.5) is 18.0 Å². The van der Waals surface area contributed by atoms with Gasteiger partial charge in [-0.15, -0.1) is 11.3 Å². The van der Waals surface area contributed by atoms with Gasteiger partial charge in [0.15, 0.2) is 5.78 Å². The number of rotatable bonds is 4. The molecule has 0 unspecified atom stereocenters. The van der Waals surface area contributed by atoms with E-state index in [9.17, 15) is 27.9 Å². The number of hydrogen-bond acceptors (Lipinski definition) is 4. The highest BCUT2D eigenvalue weighted by Crippen LogP contribution is 2.48. The number of alkyl halides is 3. The average molecular weight is 398 g/mol. The van der Waals surface area contributed by atoms with Gasteiger partial charge in [-0.05, 0) is 23.9 Å². The molecule has 5 nitrogen and oxygen atoms in total. The number of urea groups is 1. The third-order valence-corrected chi connectivity index (χ3v) is 5.53. The molecule has 1 aliphatic heterocycles. The Morgan fingerprint density at radius 3 is 2.44 bits per heavy atom. The molecule has 3 rings (SSSR count). The highest BCUT2D eigenvalue weighted by atomic mass is 32.1. The van der Waals surface area contributed by atoms with Gasteiger partial charge < -0.3 is 10.4 Å². The smallest absolute Gasteiger partial charge is 0.363 e. The second kappa shape index (κ2) is 6.97. The van der Waals surface area contributed by atoms with Crippen LogP contribution in [0.25, 0.3) is 0 Å². The SMILES string of the molecule is CCN1C(=O)N[C@H](c2ccccc2)[C@H](C(=O)c2cccs2)[C@]1(O)C(F)(F)F. The summed E-state index contributed by atoms with van der Waals surface area (Å²) >= 11 is 0.984. The monoisotopic (exact) mass is 398 g/mol. The van der Waals surface area contributed by atoms with Crippen LogP contribution in [0.1, 0.15) is 28.2 Å². The summed E-state index contributed by atoms with van der Waals surface area (Å²) in [6.07, 6.45) is -5.23.